The molecule has 0 unspecified atom stereocenters. The van der Waals surface area contributed by atoms with Gasteiger partial charge in [-0.2, -0.15) is 0 Å². The summed E-state index contributed by atoms with van der Waals surface area (Å²) >= 11 is 0. The van der Waals surface area contributed by atoms with Gasteiger partial charge in [0, 0.05) is 19.5 Å². The third kappa shape index (κ3) is 8.18. The quantitative estimate of drug-likeness (QED) is 0.508. The van der Waals surface area contributed by atoms with Crippen LogP contribution in [0.1, 0.15) is 19.8 Å². The first-order chi connectivity index (χ1) is 7.37. The summed E-state index contributed by atoms with van der Waals surface area (Å²) in [7, 11) is -3.83. The molecule has 0 aliphatic heterocycles. The lowest BCUT2D eigenvalue weighted by Crippen LogP contribution is -2.34. The highest BCUT2D eigenvalue weighted by Gasteiger charge is 2.14. The average molecular weight is 252 g/mol. The van der Waals surface area contributed by atoms with Gasteiger partial charge in [0.15, 0.2) is 5.75 Å². The number of carbonyl (C=O) groups is 2. The molecule has 1 amide bonds. The molecule has 0 aromatic carbocycles. The molecule has 94 valence electrons. The van der Waals surface area contributed by atoms with E-state index in [0.29, 0.717) is 6.54 Å². The Morgan fingerprint density at radius 3 is 2.38 bits per heavy atom. The van der Waals surface area contributed by atoms with E-state index in [2.05, 4.69) is 5.32 Å². The lowest BCUT2D eigenvalue weighted by molar-refractivity contribution is -0.134. The highest BCUT2D eigenvalue weighted by atomic mass is 32.2. The maximum Gasteiger partial charge on any atom is 0.320 e. The van der Waals surface area contributed by atoms with Crippen molar-refractivity contribution >= 4 is 21.9 Å². The SMILES string of the molecule is CCCNC(=O)CCNS(=O)(=O)CC(=O)O. The predicted molar refractivity (Wildman–Crippen MR) is 57.3 cm³/mol. The Labute approximate surface area is 94.3 Å². The van der Waals surface area contributed by atoms with E-state index in [1.54, 1.807) is 0 Å². The molecule has 16 heavy (non-hydrogen) atoms. The van der Waals surface area contributed by atoms with Gasteiger partial charge in [-0.3, -0.25) is 9.59 Å². The number of amides is 1. The fraction of sp³-hybridized carbons (Fsp3) is 0.750. The summed E-state index contributed by atoms with van der Waals surface area (Å²) < 4.78 is 24.1. The van der Waals surface area contributed by atoms with Crippen LogP contribution in [0.3, 0.4) is 0 Å². The second kappa shape index (κ2) is 7.18. The molecular formula is C8H16N2O5S. The largest absolute Gasteiger partial charge is 0.480 e. The first-order valence-corrected chi connectivity index (χ1v) is 6.48. The van der Waals surface area contributed by atoms with Gasteiger partial charge in [-0.25, -0.2) is 13.1 Å². The van der Waals surface area contributed by atoms with E-state index in [9.17, 15) is 18.0 Å². The molecule has 7 nitrogen and oxygen atoms in total. The minimum absolute atomic E-state index is 0.00114. The van der Waals surface area contributed by atoms with E-state index in [1.165, 1.54) is 0 Å². The van der Waals surface area contributed by atoms with Crippen LogP contribution in [0.25, 0.3) is 0 Å². The maximum atomic E-state index is 11.0. The van der Waals surface area contributed by atoms with Gasteiger partial charge in [0.1, 0.15) is 0 Å². The molecule has 0 radical (unpaired) electrons. The maximum absolute atomic E-state index is 11.0. The Morgan fingerprint density at radius 2 is 1.88 bits per heavy atom. The van der Waals surface area contributed by atoms with Crippen molar-refractivity contribution < 1.29 is 23.1 Å². The van der Waals surface area contributed by atoms with Gasteiger partial charge in [0.05, 0.1) is 0 Å². The molecule has 0 aliphatic carbocycles. The summed E-state index contributed by atoms with van der Waals surface area (Å²) in [5.41, 5.74) is 0. The Morgan fingerprint density at radius 1 is 1.25 bits per heavy atom. The highest BCUT2D eigenvalue weighted by molar-refractivity contribution is 7.90. The molecule has 3 N–H and O–H groups in total. The molecule has 0 bridgehead atoms. The number of carboxylic acids is 1. The van der Waals surface area contributed by atoms with E-state index in [4.69, 9.17) is 5.11 Å². The summed E-state index contributed by atoms with van der Waals surface area (Å²) in [6.07, 6.45) is 0.801. The van der Waals surface area contributed by atoms with Crippen molar-refractivity contribution in [2.45, 2.75) is 19.8 Å². The van der Waals surface area contributed by atoms with Crippen LogP contribution in [0.15, 0.2) is 0 Å². The van der Waals surface area contributed by atoms with E-state index >= 15 is 0 Å². The second-order valence-corrected chi connectivity index (χ2v) is 4.95. The Balaban J connectivity index is 3.81. The fourth-order valence-electron chi connectivity index (χ4n) is 0.886. The van der Waals surface area contributed by atoms with Crippen molar-refractivity contribution in [1.29, 1.82) is 0 Å². The smallest absolute Gasteiger partial charge is 0.320 e. The zero-order chi connectivity index (χ0) is 12.6. The number of sulfonamides is 1. The van der Waals surface area contributed by atoms with Crippen LogP contribution in [0, 0.1) is 0 Å². The summed E-state index contributed by atoms with van der Waals surface area (Å²) in [4.78, 5) is 21.2. The number of hydrogen-bond acceptors (Lipinski definition) is 4. The fourth-order valence-corrected chi connectivity index (χ4v) is 1.73. The lowest BCUT2D eigenvalue weighted by Gasteiger charge is -2.05. The van der Waals surface area contributed by atoms with E-state index in [0.717, 1.165) is 6.42 Å². The molecule has 0 saturated heterocycles. The van der Waals surface area contributed by atoms with Crippen molar-refractivity contribution in [2.24, 2.45) is 0 Å². The number of carbonyl (C=O) groups excluding carboxylic acids is 1. The number of aliphatic carboxylic acids is 1. The third-order valence-corrected chi connectivity index (χ3v) is 2.83. The zero-order valence-electron chi connectivity index (χ0n) is 9.02. The average Bonchev–Trinajstić information content (AvgIpc) is 2.12. The van der Waals surface area contributed by atoms with E-state index in [1.807, 2.05) is 11.6 Å². The first-order valence-electron chi connectivity index (χ1n) is 4.83. The van der Waals surface area contributed by atoms with Crippen LogP contribution >= 0.6 is 0 Å². The van der Waals surface area contributed by atoms with Gasteiger partial charge in [0.2, 0.25) is 15.9 Å². The summed E-state index contributed by atoms with van der Waals surface area (Å²) in [6.45, 7) is 2.35. The van der Waals surface area contributed by atoms with Crippen molar-refractivity contribution in [3.05, 3.63) is 0 Å². The molecule has 0 aliphatic rings. The zero-order valence-corrected chi connectivity index (χ0v) is 9.84. The number of nitrogens with one attached hydrogen (secondary N) is 2. The van der Waals surface area contributed by atoms with Gasteiger partial charge in [-0.15, -0.1) is 0 Å². The van der Waals surface area contributed by atoms with E-state index < -0.39 is 21.7 Å². The predicted octanol–water partition coefficient (Wildman–Crippen LogP) is -1.09. The van der Waals surface area contributed by atoms with Crippen molar-refractivity contribution in [3.63, 3.8) is 0 Å². The van der Waals surface area contributed by atoms with Crippen LogP contribution in [0.2, 0.25) is 0 Å². The van der Waals surface area contributed by atoms with Crippen LogP contribution < -0.4 is 10.0 Å². The van der Waals surface area contributed by atoms with Gasteiger partial charge in [-0.05, 0) is 6.42 Å². The minimum atomic E-state index is -3.83. The highest BCUT2D eigenvalue weighted by Crippen LogP contribution is 1.86. The molecule has 0 aromatic heterocycles. The third-order valence-electron chi connectivity index (χ3n) is 1.56. The normalized spacial score (nSPS) is 11.1. The van der Waals surface area contributed by atoms with Gasteiger partial charge in [-0.1, -0.05) is 6.92 Å². The Hall–Kier alpha value is -1.15. The standard InChI is InChI=1S/C8H16N2O5S/c1-2-4-9-7(11)3-5-10-16(14,15)6-8(12)13/h10H,2-6H2,1H3,(H,9,11)(H,12,13). The topological polar surface area (TPSA) is 113 Å². The van der Waals surface area contributed by atoms with Gasteiger partial charge >= 0.3 is 5.97 Å². The van der Waals surface area contributed by atoms with Gasteiger partial charge in [0.25, 0.3) is 0 Å². The Bertz CT molecular complexity index is 338. The number of rotatable bonds is 8. The molecule has 0 heterocycles. The summed E-state index contributed by atoms with van der Waals surface area (Å²) in [5, 5.41) is 10.8. The van der Waals surface area contributed by atoms with Gasteiger partial charge < -0.3 is 10.4 Å². The molecular weight excluding hydrogens is 236 g/mol. The van der Waals surface area contributed by atoms with Crippen LogP contribution in [0.4, 0.5) is 0 Å². The molecule has 0 fully saturated rings. The number of carboxylic acid groups (broad SMARTS) is 1. The lowest BCUT2D eigenvalue weighted by atomic mass is 10.4. The second-order valence-electron chi connectivity index (χ2n) is 3.15. The van der Waals surface area contributed by atoms with Crippen LogP contribution in [0.5, 0.6) is 0 Å². The van der Waals surface area contributed by atoms with Crippen molar-refractivity contribution in [3.8, 4) is 0 Å². The number of hydrogen-bond donors (Lipinski definition) is 3. The molecule has 8 heteroatoms. The summed E-state index contributed by atoms with van der Waals surface area (Å²) in [5.74, 6) is -2.67. The molecule has 0 spiro atoms. The molecule has 0 aromatic rings. The molecule has 0 saturated carbocycles. The van der Waals surface area contributed by atoms with Crippen LogP contribution in [-0.4, -0.2) is 44.2 Å². The van der Waals surface area contributed by atoms with E-state index in [-0.39, 0.29) is 18.9 Å². The molecule has 0 atom stereocenters. The first kappa shape index (κ1) is 14.8. The Kier molecular flexibility index (Phi) is 6.66. The minimum Gasteiger partial charge on any atom is -0.480 e. The van der Waals surface area contributed by atoms with Crippen molar-refractivity contribution in [1.82, 2.24) is 10.0 Å². The summed E-state index contributed by atoms with van der Waals surface area (Å²) in [6, 6.07) is 0. The molecule has 0 rings (SSSR count). The van der Waals surface area contributed by atoms with Crippen molar-refractivity contribution in [2.75, 3.05) is 18.8 Å². The monoisotopic (exact) mass is 252 g/mol. The van der Waals surface area contributed by atoms with Crippen LogP contribution in [-0.2, 0) is 19.6 Å².